The molecule has 0 spiro atoms. The van der Waals surface area contributed by atoms with E-state index in [9.17, 15) is 4.79 Å². The quantitative estimate of drug-likeness (QED) is 0.904. The number of hydrogen-bond acceptors (Lipinski definition) is 3. The van der Waals surface area contributed by atoms with Gasteiger partial charge >= 0.3 is 0 Å². The van der Waals surface area contributed by atoms with Gasteiger partial charge in [-0.05, 0) is 42.5 Å². The van der Waals surface area contributed by atoms with Crippen LogP contribution in [-0.4, -0.2) is 30.4 Å². The van der Waals surface area contributed by atoms with E-state index in [1.54, 1.807) is 4.90 Å². The molecule has 0 fully saturated rings. The van der Waals surface area contributed by atoms with Crippen LogP contribution >= 0.6 is 0 Å². The minimum atomic E-state index is 0.0346. The lowest BCUT2D eigenvalue weighted by atomic mass is 10.00. The van der Waals surface area contributed by atoms with Gasteiger partial charge in [0.05, 0.1) is 12.5 Å². The third-order valence-corrected chi connectivity index (χ3v) is 3.66. The monoisotopic (exact) mass is 285 g/mol. The second-order valence-corrected chi connectivity index (χ2v) is 5.96. The Labute approximate surface area is 126 Å². The molecule has 4 nitrogen and oxygen atoms in total. The van der Waals surface area contributed by atoms with Gasteiger partial charge in [-0.3, -0.25) is 4.79 Å². The van der Waals surface area contributed by atoms with E-state index in [0.717, 1.165) is 30.6 Å². The van der Waals surface area contributed by atoms with Crippen LogP contribution in [0, 0.1) is 17.2 Å². The van der Waals surface area contributed by atoms with Crippen LogP contribution in [0.2, 0.25) is 0 Å². The van der Waals surface area contributed by atoms with Gasteiger partial charge in [0, 0.05) is 30.9 Å². The average molecular weight is 285 g/mol. The first-order valence-electron chi connectivity index (χ1n) is 7.65. The van der Waals surface area contributed by atoms with E-state index in [4.69, 9.17) is 5.26 Å². The number of aryl methyl sites for hydroxylation is 1. The summed E-state index contributed by atoms with van der Waals surface area (Å²) in [5.74, 6) is 0.430. The van der Waals surface area contributed by atoms with Gasteiger partial charge in [-0.2, -0.15) is 5.26 Å². The van der Waals surface area contributed by atoms with Gasteiger partial charge in [-0.15, -0.1) is 0 Å². The molecule has 1 aliphatic rings. The number of nitrogens with zero attached hydrogens (tertiary/aromatic N) is 2. The van der Waals surface area contributed by atoms with Crippen molar-refractivity contribution in [1.82, 2.24) is 4.90 Å². The van der Waals surface area contributed by atoms with E-state index in [-0.39, 0.29) is 5.91 Å². The number of fused-ring (bicyclic) bond motifs is 1. The lowest BCUT2D eigenvalue weighted by molar-refractivity contribution is 0.0740. The lowest BCUT2D eigenvalue weighted by Gasteiger charge is -2.25. The number of rotatable bonds is 5. The normalized spacial score (nSPS) is 13.2. The number of benzene rings is 1. The fourth-order valence-electron chi connectivity index (χ4n) is 2.69. The number of carbonyl (C=O) groups is 1. The SMILES string of the molecule is CC(C)CN(CCC#N)C(=O)c1ccc2c(c1)CCCN2. The van der Waals surface area contributed by atoms with E-state index in [1.165, 1.54) is 5.56 Å². The zero-order chi connectivity index (χ0) is 15.2. The molecule has 1 aromatic carbocycles. The third kappa shape index (κ3) is 3.98. The molecule has 0 saturated carbocycles. The predicted molar refractivity (Wildman–Crippen MR) is 84.2 cm³/mol. The van der Waals surface area contributed by atoms with E-state index in [0.29, 0.717) is 25.4 Å². The summed E-state index contributed by atoms with van der Waals surface area (Å²) >= 11 is 0. The predicted octanol–water partition coefficient (Wildman–Crippen LogP) is 3.06. The van der Waals surface area contributed by atoms with Crippen molar-refractivity contribution < 1.29 is 4.79 Å². The van der Waals surface area contributed by atoms with Crippen LogP contribution in [-0.2, 0) is 6.42 Å². The highest BCUT2D eigenvalue weighted by Crippen LogP contribution is 2.23. The van der Waals surface area contributed by atoms with Gasteiger partial charge in [0.2, 0.25) is 0 Å². The molecule has 112 valence electrons. The topological polar surface area (TPSA) is 56.1 Å². The molecule has 1 N–H and O–H groups in total. The minimum absolute atomic E-state index is 0.0346. The number of amides is 1. The number of anilines is 1. The molecule has 2 rings (SSSR count). The van der Waals surface area contributed by atoms with E-state index in [1.807, 2.05) is 18.2 Å². The Hall–Kier alpha value is -2.02. The summed E-state index contributed by atoms with van der Waals surface area (Å²) in [5.41, 5.74) is 3.10. The molecule has 0 atom stereocenters. The molecule has 21 heavy (non-hydrogen) atoms. The number of hydrogen-bond donors (Lipinski definition) is 1. The van der Waals surface area contributed by atoms with Crippen molar-refractivity contribution in [2.45, 2.75) is 33.1 Å². The smallest absolute Gasteiger partial charge is 0.253 e. The lowest BCUT2D eigenvalue weighted by Crippen LogP contribution is -2.35. The van der Waals surface area contributed by atoms with Crippen LogP contribution in [0.4, 0.5) is 5.69 Å². The molecule has 1 aliphatic heterocycles. The van der Waals surface area contributed by atoms with E-state index in [2.05, 4.69) is 25.2 Å². The van der Waals surface area contributed by atoms with Gasteiger partial charge < -0.3 is 10.2 Å². The highest BCUT2D eigenvalue weighted by atomic mass is 16.2. The summed E-state index contributed by atoms with van der Waals surface area (Å²) < 4.78 is 0. The summed E-state index contributed by atoms with van der Waals surface area (Å²) in [6.07, 6.45) is 2.51. The molecule has 0 unspecified atom stereocenters. The summed E-state index contributed by atoms with van der Waals surface area (Å²) in [6.45, 7) is 6.37. The van der Waals surface area contributed by atoms with Gasteiger partial charge in [-0.25, -0.2) is 0 Å². The molecule has 0 aromatic heterocycles. The minimum Gasteiger partial charge on any atom is -0.385 e. The fourth-order valence-corrected chi connectivity index (χ4v) is 2.69. The standard InChI is InChI=1S/C17H23N3O/c1-13(2)12-20(10-4-8-18)17(21)15-6-7-16-14(11-15)5-3-9-19-16/h6-7,11,13,19H,3-5,9-10,12H2,1-2H3. The second kappa shape index (κ2) is 7.12. The maximum Gasteiger partial charge on any atom is 0.253 e. The van der Waals surface area contributed by atoms with E-state index >= 15 is 0 Å². The van der Waals surface area contributed by atoms with Crippen molar-refractivity contribution in [1.29, 1.82) is 5.26 Å². The fraction of sp³-hybridized carbons (Fsp3) is 0.529. The van der Waals surface area contributed by atoms with Crippen molar-refractivity contribution in [2.24, 2.45) is 5.92 Å². The zero-order valence-electron chi connectivity index (χ0n) is 12.9. The molecule has 0 aliphatic carbocycles. The highest BCUT2D eigenvalue weighted by Gasteiger charge is 2.18. The zero-order valence-corrected chi connectivity index (χ0v) is 12.9. The van der Waals surface area contributed by atoms with Crippen LogP contribution in [0.3, 0.4) is 0 Å². The molecular weight excluding hydrogens is 262 g/mol. The first-order chi connectivity index (χ1) is 10.1. The largest absolute Gasteiger partial charge is 0.385 e. The molecule has 1 amide bonds. The molecule has 0 saturated heterocycles. The third-order valence-electron chi connectivity index (χ3n) is 3.66. The Morgan fingerprint density at radius 3 is 3.00 bits per heavy atom. The second-order valence-electron chi connectivity index (χ2n) is 5.96. The molecule has 0 radical (unpaired) electrons. The first-order valence-corrected chi connectivity index (χ1v) is 7.65. The Balaban J connectivity index is 2.17. The highest BCUT2D eigenvalue weighted by molar-refractivity contribution is 5.95. The van der Waals surface area contributed by atoms with E-state index < -0.39 is 0 Å². The van der Waals surface area contributed by atoms with Crippen molar-refractivity contribution in [3.8, 4) is 6.07 Å². The van der Waals surface area contributed by atoms with Crippen LogP contribution in [0.25, 0.3) is 0 Å². The Bertz CT molecular complexity index is 545. The van der Waals surface area contributed by atoms with Gasteiger partial charge in [0.25, 0.3) is 5.91 Å². The summed E-state index contributed by atoms with van der Waals surface area (Å²) in [7, 11) is 0. The van der Waals surface area contributed by atoms with Gasteiger partial charge in [0.1, 0.15) is 0 Å². The maximum atomic E-state index is 12.7. The average Bonchev–Trinajstić information content (AvgIpc) is 2.50. The number of nitrogens with one attached hydrogen (secondary N) is 1. The van der Waals surface area contributed by atoms with Crippen LogP contribution in [0.1, 0.15) is 42.6 Å². The number of nitriles is 1. The molecule has 0 bridgehead atoms. The van der Waals surface area contributed by atoms with Crippen LogP contribution in [0.5, 0.6) is 0 Å². The Kier molecular flexibility index (Phi) is 5.21. The molecule has 1 aromatic rings. The van der Waals surface area contributed by atoms with Crippen molar-refractivity contribution in [3.05, 3.63) is 29.3 Å². The van der Waals surface area contributed by atoms with Crippen LogP contribution in [0.15, 0.2) is 18.2 Å². The van der Waals surface area contributed by atoms with Crippen molar-refractivity contribution in [3.63, 3.8) is 0 Å². The Morgan fingerprint density at radius 2 is 2.29 bits per heavy atom. The summed E-state index contributed by atoms with van der Waals surface area (Å²) in [6, 6.07) is 8.01. The number of carbonyl (C=O) groups excluding carboxylic acids is 1. The molecule has 4 heteroatoms. The molecule has 1 heterocycles. The summed E-state index contributed by atoms with van der Waals surface area (Å²) in [5, 5.41) is 12.1. The van der Waals surface area contributed by atoms with Crippen LogP contribution < -0.4 is 5.32 Å². The first kappa shape index (κ1) is 15.4. The summed E-state index contributed by atoms with van der Waals surface area (Å²) in [4.78, 5) is 14.5. The molecular formula is C17H23N3O. The maximum absolute atomic E-state index is 12.7. The van der Waals surface area contributed by atoms with Gasteiger partial charge in [0.15, 0.2) is 0 Å². The van der Waals surface area contributed by atoms with Gasteiger partial charge in [-0.1, -0.05) is 13.8 Å². The van der Waals surface area contributed by atoms with Crippen molar-refractivity contribution in [2.75, 3.05) is 25.0 Å². The Morgan fingerprint density at radius 1 is 1.48 bits per heavy atom. The van der Waals surface area contributed by atoms with Crippen molar-refractivity contribution >= 4 is 11.6 Å².